The smallest absolute Gasteiger partial charge is 0.220 e. The summed E-state index contributed by atoms with van der Waals surface area (Å²) in [7, 11) is 0. The van der Waals surface area contributed by atoms with Crippen molar-refractivity contribution in [2.45, 2.75) is 19.8 Å². The monoisotopic (exact) mass is 299 g/mol. The molecular formula is C17H21N3O2. The lowest BCUT2D eigenvalue weighted by molar-refractivity contribution is -0.120. The fraction of sp³-hybridized carbons (Fsp3) is 0.294. The molecule has 0 bridgehead atoms. The normalized spacial score (nSPS) is 10.2. The number of pyridine rings is 1. The number of hydrogen-bond acceptors (Lipinski definition) is 4. The Bertz CT molecular complexity index is 629. The summed E-state index contributed by atoms with van der Waals surface area (Å²) < 4.78 is 0. The number of anilines is 1. The molecule has 0 aliphatic heterocycles. The summed E-state index contributed by atoms with van der Waals surface area (Å²) in [5.41, 5.74) is 2.04. The lowest BCUT2D eigenvalue weighted by Crippen LogP contribution is -2.29. The zero-order valence-corrected chi connectivity index (χ0v) is 12.7. The van der Waals surface area contributed by atoms with Gasteiger partial charge in [0.15, 0.2) is 0 Å². The van der Waals surface area contributed by atoms with Gasteiger partial charge in [-0.05, 0) is 42.7 Å². The van der Waals surface area contributed by atoms with E-state index in [9.17, 15) is 9.90 Å². The molecule has 22 heavy (non-hydrogen) atoms. The molecule has 2 aromatic rings. The fourth-order valence-corrected chi connectivity index (χ4v) is 2.11. The second-order valence-electron chi connectivity index (χ2n) is 5.12. The van der Waals surface area contributed by atoms with E-state index >= 15 is 0 Å². The molecule has 0 unspecified atom stereocenters. The number of carbonyl (C=O) groups is 1. The molecule has 1 aromatic heterocycles. The van der Waals surface area contributed by atoms with E-state index in [0.29, 0.717) is 25.9 Å². The highest BCUT2D eigenvalue weighted by atomic mass is 16.3. The van der Waals surface area contributed by atoms with Crippen LogP contribution in [0.25, 0.3) is 0 Å². The molecule has 5 heteroatoms. The maximum atomic E-state index is 11.8. The van der Waals surface area contributed by atoms with E-state index in [1.165, 1.54) is 0 Å². The van der Waals surface area contributed by atoms with Crippen molar-refractivity contribution in [3.8, 4) is 5.75 Å². The maximum absolute atomic E-state index is 11.8. The molecule has 0 atom stereocenters. The lowest BCUT2D eigenvalue weighted by atomic mass is 10.1. The second-order valence-corrected chi connectivity index (χ2v) is 5.12. The summed E-state index contributed by atoms with van der Waals surface area (Å²) in [5, 5.41) is 15.4. The fourth-order valence-electron chi connectivity index (χ4n) is 2.11. The van der Waals surface area contributed by atoms with Crippen molar-refractivity contribution >= 4 is 11.7 Å². The number of aromatic hydroxyl groups is 1. The predicted molar refractivity (Wildman–Crippen MR) is 86.9 cm³/mol. The van der Waals surface area contributed by atoms with E-state index in [1.807, 2.05) is 25.1 Å². The third kappa shape index (κ3) is 5.09. The Kier molecular flexibility index (Phi) is 5.77. The number of hydrogen-bond donors (Lipinski definition) is 3. The lowest BCUT2D eigenvalue weighted by Gasteiger charge is -2.09. The average molecular weight is 299 g/mol. The van der Waals surface area contributed by atoms with Crippen LogP contribution >= 0.6 is 0 Å². The van der Waals surface area contributed by atoms with Crippen molar-refractivity contribution in [3.05, 3.63) is 53.7 Å². The van der Waals surface area contributed by atoms with Crippen LogP contribution in [-0.4, -0.2) is 29.1 Å². The van der Waals surface area contributed by atoms with E-state index in [-0.39, 0.29) is 11.7 Å². The summed E-state index contributed by atoms with van der Waals surface area (Å²) in [4.78, 5) is 16.0. The van der Waals surface area contributed by atoms with Gasteiger partial charge in [0.2, 0.25) is 5.91 Å². The number of benzene rings is 1. The number of aryl methyl sites for hydroxylation is 2. The number of carbonyl (C=O) groups excluding carboxylic acids is 1. The Hall–Kier alpha value is -2.56. The second kappa shape index (κ2) is 8.02. The van der Waals surface area contributed by atoms with Gasteiger partial charge in [0.05, 0.1) is 0 Å². The molecule has 0 saturated carbocycles. The number of nitrogens with zero attached hydrogens (tertiary/aromatic N) is 1. The van der Waals surface area contributed by atoms with Gasteiger partial charge in [0.25, 0.3) is 0 Å². The number of phenolic OH excluding ortho intramolecular Hbond substituents is 1. The van der Waals surface area contributed by atoms with E-state index < -0.39 is 0 Å². The average Bonchev–Trinajstić information content (AvgIpc) is 2.51. The highest BCUT2D eigenvalue weighted by Crippen LogP contribution is 2.12. The van der Waals surface area contributed by atoms with Crippen LogP contribution in [0, 0.1) is 6.92 Å². The van der Waals surface area contributed by atoms with Gasteiger partial charge in [-0.1, -0.05) is 18.2 Å². The largest absolute Gasteiger partial charge is 0.508 e. The van der Waals surface area contributed by atoms with Crippen molar-refractivity contribution in [3.63, 3.8) is 0 Å². The van der Waals surface area contributed by atoms with Crippen LogP contribution < -0.4 is 10.6 Å². The highest BCUT2D eigenvalue weighted by Gasteiger charge is 2.03. The summed E-state index contributed by atoms with van der Waals surface area (Å²) in [5.74, 6) is 1.08. The Balaban J connectivity index is 1.65. The number of amides is 1. The number of rotatable bonds is 7. The minimum Gasteiger partial charge on any atom is -0.508 e. The van der Waals surface area contributed by atoms with Crippen molar-refractivity contribution < 1.29 is 9.90 Å². The van der Waals surface area contributed by atoms with Gasteiger partial charge in [0, 0.05) is 25.7 Å². The van der Waals surface area contributed by atoms with Gasteiger partial charge in [-0.3, -0.25) is 4.79 Å². The molecule has 0 aliphatic rings. The van der Waals surface area contributed by atoms with Crippen LogP contribution in [0.3, 0.4) is 0 Å². The topological polar surface area (TPSA) is 74.2 Å². The van der Waals surface area contributed by atoms with Gasteiger partial charge in [0.1, 0.15) is 11.6 Å². The molecule has 0 fully saturated rings. The Labute approximate surface area is 130 Å². The van der Waals surface area contributed by atoms with Gasteiger partial charge >= 0.3 is 0 Å². The first-order valence-corrected chi connectivity index (χ1v) is 7.35. The minimum atomic E-state index is 0.00267. The first kappa shape index (κ1) is 15.8. The first-order valence-electron chi connectivity index (χ1n) is 7.35. The number of nitrogens with one attached hydrogen (secondary N) is 2. The molecule has 1 heterocycles. The Morgan fingerprint density at radius 3 is 2.86 bits per heavy atom. The quantitative estimate of drug-likeness (QED) is 0.686. The van der Waals surface area contributed by atoms with Gasteiger partial charge in [-0.2, -0.15) is 0 Å². The van der Waals surface area contributed by atoms with Crippen LogP contribution in [-0.2, 0) is 11.2 Å². The van der Waals surface area contributed by atoms with Crippen LogP contribution in [0.1, 0.15) is 17.5 Å². The molecule has 116 valence electrons. The van der Waals surface area contributed by atoms with Crippen molar-refractivity contribution in [2.75, 3.05) is 18.4 Å². The van der Waals surface area contributed by atoms with Crippen molar-refractivity contribution in [1.29, 1.82) is 0 Å². The minimum absolute atomic E-state index is 0.00267. The number of aromatic nitrogens is 1. The molecule has 3 N–H and O–H groups in total. The molecule has 2 rings (SSSR count). The SMILES string of the molecule is Cc1cccnc1NCCNC(=O)CCc1cccc(O)c1. The van der Waals surface area contributed by atoms with Gasteiger partial charge < -0.3 is 15.7 Å². The van der Waals surface area contributed by atoms with Gasteiger partial charge in [-0.15, -0.1) is 0 Å². The Morgan fingerprint density at radius 2 is 2.09 bits per heavy atom. The third-order valence-electron chi connectivity index (χ3n) is 3.30. The molecule has 1 amide bonds. The molecule has 1 aromatic carbocycles. The van der Waals surface area contributed by atoms with E-state index in [4.69, 9.17) is 0 Å². The molecule has 0 radical (unpaired) electrons. The van der Waals surface area contributed by atoms with E-state index in [1.54, 1.807) is 24.4 Å². The Morgan fingerprint density at radius 1 is 1.23 bits per heavy atom. The van der Waals surface area contributed by atoms with E-state index in [2.05, 4.69) is 15.6 Å². The summed E-state index contributed by atoms with van der Waals surface area (Å²) in [6.45, 7) is 3.17. The zero-order valence-electron chi connectivity index (χ0n) is 12.7. The molecule has 0 aliphatic carbocycles. The molecule has 0 saturated heterocycles. The van der Waals surface area contributed by atoms with Crippen molar-refractivity contribution in [2.24, 2.45) is 0 Å². The van der Waals surface area contributed by atoms with Crippen molar-refractivity contribution in [1.82, 2.24) is 10.3 Å². The summed E-state index contributed by atoms with van der Waals surface area (Å²) >= 11 is 0. The van der Waals surface area contributed by atoms with E-state index in [0.717, 1.165) is 16.9 Å². The zero-order chi connectivity index (χ0) is 15.8. The first-order chi connectivity index (χ1) is 10.6. The highest BCUT2D eigenvalue weighted by molar-refractivity contribution is 5.76. The predicted octanol–water partition coefficient (Wildman–Crippen LogP) is 2.26. The third-order valence-corrected chi connectivity index (χ3v) is 3.30. The summed E-state index contributed by atoms with van der Waals surface area (Å²) in [6.07, 6.45) is 2.77. The maximum Gasteiger partial charge on any atom is 0.220 e. The van der Waals surface area contributed by atoms with Crippen LogP contribution in [0.5, 0.6) is 5.75 Å². The summed E-state index contributed by atoms with van der Waals surface area (Å²) in [6, 6.07) is 10.9. The van der Waals surface area contributed by atoms with Crippen LogP contribution in [0.2, 0.25) is 0 Å². The van der Waals surface area contributed by atoms with Crippen LogP contribution in [0.4, 0.5) is 5.82 Å². The molecular weight excluding hydrogens is 278 g/mol. The molecule has 0 spiro atoms. The van der Waals surface area contributed by atoms with Gasteiger partial charge in [-0.25, -0.2) is 4.98 Å². The standard InChI is InChI=1S/C17H21N3O2/c1-13-4-3-9-19-17(13)20-11-10-18-16(22)8-7-14-5-2-6-15(21)12-14/h2-6,9,12,21H,7-8,10-11H2,1H3,(H,18,22)(H,19,20). The molecule has 5 nitrogen and oxygen atoms in total. The number of phenols is 1. The van der Waals surface area contributed by atoms with Crippen LogP contribution in [0.15, 0.2) is 42.6 Å².